The second-order valence-electron chi connectivity index (χ2n) is 6.95. The van der Waals surface area contributed by atoms with Crippen LogP contribution in [0.3, 0.4) is 0 Å². The van der Waals surface area contributed by atoms with Crippen LogP contribution in [0.5, 0.6) is 0 Å². The first kappa shape index (κ1) is 19.0. The van der Waals surface area contributed by atoms with Gasteiger partial charge in [0.1, 0.15) is 5.78 Å². The van der Waals surface area contributed by atoms with E-state index in [1.807, 2.05) is 30.6 Å². The molecule has 0 amide bonds. The van der Waals surface area contributed by atoms with Crippen molar-refractivity contribution in [2.24, 2.45) is 0 Å². The van der Waals surface area contributed by atoms with Crippen LogP contribution >= 0.6 is 0 Å². The molecular weight excluding hydrogens is 334 g/mol. The lowest BCUT2D eigenvalue weighted by atomic mass is 9.92. The van der Waals surface area contributed by atoms with E-state index in [0.717, 1.165) is 39.8 Å². The lowest BCUT2D eigenvalue weighted by Gasteiger charge is -2.15. The van der Waals surface area contributed by atoms with Gasteiger partial charge in [-0.05, 0) is 40.3 Å². The number of carbonyl (C=O) groups excluding carboxylic acids is 1. The highest BCUT2D eigenvalue weighted by molar-refractivity contribution is 5.88. The smallest absolute Gasteiger partial charge is 0.141 e. The molecule has 0 saturated carbocycles. The maximum Gasteiger partial charge on any atom is 0.141 e. The average Bonchev–Trinajstić information content (AvgIpc) is 3.06. The highest BCUT2D eigenvalue weighted by Gasteiger charge is 2.19. The zero-order valence-corrected chi connectivity index (χ0v) is 14.6. The van der Waals surface area contributed by atoms with Gasteiger partial charge in [-0.3, -0.25) is 9.78 Å². The second kappa shape index (κ2) is 8.28. The molecule has 4 rings (SSSR count). The topological polar surface area (TPSA) is 50.2 Å². The molecule has 0 radical (unpaired) electrons. The summed E-state index contributed by atoms with van der Waals surface area (Å²) in [5.74, 6) is 0.351. The van der Waals surface area contributed by atoms with Crippen molar-refractivity contribution in [2.45, 2.75) is 32.6 Å². The predicted octanol–water partition coefficient (Wildman–Crippen LogP) is 4.37. The molecule has 1 aliphatic rings. The minimum absolute atomic E-state index is 0. The third-order valence-corrected chi connectivity index (χ3v) is 5.08. The Balaban J connectivity index is 0.00000210. The molecular formula is C24H25NO2. The maximum absolute atomic E-state index is 11.7. The van der Waals surface area contributed by atoms with Crippen LogP contribution in [-0.2, 0) is 24.1 Å². The number of aromatic nitrogens is 1. The number of Topliss-reactive ketones (excluding diaryl/α,β-unsaturated/α-hetero) is 1. The molecule has 0 bridgehead atoms. The van der Waals surface area contributed by atoms with Crippen LogP contribution in [0.25, 0.3) is 11.1 Å². The van der Waals surface area contributed by atoms with Crippen molar-refractivity contribution in [2.75, 3.05) is 6.61 Å². The van der Waals surface area contributed by atoms with Gasteiger partial charge in [0.2, 0.25) is 0 Å². The van der Waals surface area contributed by atoms with Crippen molar-refractivity contribution in [1.29, 1.82) is 0 Å². The molecule has 1 aliphatic carbocycles. The Morgan fingerprint density at radius 3 is 2.48 bits per heavy atom. The third-order valence-electron chi connectivity index (χ3n) is 5.08. The summed E-state index contributed by atoms with van der Waals surface area (Å²) in [5, 5.41) is 9.81. The van der Waals surface area contributed by atoms with E-state index in [2.05, 4.69) is 41.4 Å². The Kier molecular flexibility index (Phi) is 5.82. The van der Waals surface area contributed by atoms with E-state index >= 15 is 0 Å². The fraction of sp³-hybridized carbons (Fsp3) is 0.250. The molecule has 3 aromatic rings. The maximum atomic E-state index is 11.7. The average molecular weight is 359 g/mol. The predicted molar refractivity (Wildman–Crippen MR) is 109 cm³/mol. The number of carbonyl (C=O) groups is 1. The third kappa shape index (κ3) is 4.15. The standard InChI is InChI=1S/C23H21NO2.CH4/c25-15-22(17-4-2-1-3-5-17)9-16-8-21(14-24-13-16)18-6-7-19-11-23(26)12-20(19)10-18;/h1-8,10,13-14,22,25H,9,11-12,15H2;1H4/t22-;/m0./s1. The van der Waals surface area contributed by atoms with Crippen LogP contribution in [0, 0.1) is 0 Å². The van der Waals surface area contributed by atoms with Crippen LogP contribution in [-0.4, -0.2) is 22.5 Å². The summed E-state index contributed by atoms with van der Waals surface area (Å²) >= 11 is 0. The van der Waals surface area contributed by atoms with Crippen LogP contribution in [0.2, 0.25) is 0 Å². The SMILES string of the molecule is C.O=C1Cc2ccc(-c3cncc(C[C@@H](CO)c4ccccc4)c3)cc2C1. The van der Waals surface area contributed by atoms with Gasteiger partial charge in [0, 0.05) is 36.7 Å². The molecule has 1 atom stereocenters. The number of benzene rings is 2. The first-order valence-electron chi connectivity index (χ1n) is 8.96. The van der Waals surface area contributed by atoms with E-state index in [1.165, 1.54) is 0 Å². The van der Waals surface area contributed by atoms with E-state index in [1.54, 1.807) is 0 Å². The molecule has 1 N–H and O–H groups in total. The quantitative estimate of drug-likeness (QED) is 0.736. The highest BCUT2D eigenvalue weighted by Crippen LogP contribution is 2.28. The number of hydrogen-bond acceptors (Lipinski definition) is 3. The van der Waals surface area contributed by atoms with Gasteiger partial charge in [0.15, 0.2) is 0 Å². The second-order valence-corrected chi connectivity index (χ2v) is 6.95. The Morgan fingerprint density at radius 2 is 1.70 bits per heavy atom. The first-order chi connectivity index (χ1) is 12.7. The molecule has 0 fully saturated rings. The van der Waals surface area contributed by atoms with Gasteiger partial charge in [-0.15, -0.1) is 0 Å². The van der Waals surface area contributed by atoms with Crippen molar-refractivity contribution >= 4 is 5.78 Å². The molecule has 2 aromatic carbocycles. The highest BCUT2D eigenvalue weighted by atomic mass is 16.3. The number of ketones is 1. The van der Waals surface area contributed by atoms with Gasteiger partial charge in [-0.2, -0.15) is 0 Å². The minimum Gasteiger partial charge on any atom is -0.396 e. The van der Waals surface area contributed by atoms with Crippen molar-refractivity contribution in [3.63, 3.8) is 0 Å². The first-order valence-corrected chi connectivity index (χ1v) is 8.96. The zero-order chi connectivity index (χ0) is 17.9. The lowest BCUT2D eigenvalue weighted by Crippen LogP contribution is -2.08. The van der Waals surface area contributed by atoms with E-state index in [0.29, 0.717) is 12.8 Å². The van der Waals surface area contributed by atoms with E-state index in [-0.39, 0.29) is 25.7 Å². The van der Waals surface area contributed by atoms with Gasteiger partial charge in [-0.1, -0.05) is 56.0 Å². The number of nitrogens with zero attached hydrogens (tertiary/aromatic N) is 1. The summed E-state index contributed by atoms with van der Waals surface area (Å²) in [7, 11) is 0. The van der Waals surface area contributed by atoms with Gasteiger partial charge in [0.25, 0.3) is 0 Å². The van der Waals surface area contributed by atoms with Crippen molar-refractivity contribution in [3.8, 4) is 11.1 Å². The molecule has 1 heterocycles. The van der Waals surface area contributed by atoms with Gasteiger partial charge in [0.05, 0.1) is 6.61 Å². The summed E-state index contributed by atoms with van der Waals surface area (Å²) < 4.78 is 0. The summed E-state index contributed by atoms with van der Waals surface area (Å²) in [6.07, 6.45) is 5.56. The molecule has 0 unspecified atom stereocenters. The zero-order valence-electron chi connectivity index (χ0n) is 14.6. The molecule has 27 heavy (non-hydrogen) atoms. The summed E-state index contributed by atoms with van der Waals surface area (Å²) in [6, 6.07) is 18.5. The van der Waals surface area contributed by atoms with Crippen LogP contribution in [0.15, 0.2) is 67.0 Å². The van der Waals surface area contributed by atoms with E-state index < -0.39 is 0 Å². The Bertz CT molecular complexity index is 934. The molecule has 0 saturated heterocycles. The molecule has 3 heteroatoms. The number of pyridine rings is 1. The van der Waals surface area contributed by atoms with Crippen LogP contribution in [0.4, 0.5) is 0 Å². The van der Waals surface area contributed by atoms with Gasteiger partial charge in [-0.25, -0.2) is 0 Å². The fourth-order valence-electron chi connectivity index (χ4n) is 3.68. The van der Waals surface area contributed by atoms with Crippen molar-refractivity contribution in [3.05, 3.63) is 89.2 Å². The summed E-state index contributed by atoms with van der Waals surface area (Å²) in [5.41, 5.74) is 6.66. The molecule has 0 aliphatic heterocycles. The van der Waals surface area contributed by atoms with Crippen molar-refractivity contribution < 1.29 is 9.90 Å². The molecule has 138 valence electrons. The van der Waals surface area contributed by atoms with Crippen LogP contribution < -0.4 is 0 Å². The Morgan fingerprint density at radius 1 is 0.926 bits per heavy atom. The Labute approximate surface area is 160 Å². The normalized spacial score (nSPS) is 13.7. The number of hydrogen-bond donors (Lipinski definition) is 1. The molecule has 0 spiro atoms. The molecule has 1 aromatic heterocycles. The van der Waals surface area contributed by atoms with Gasteiger partial charge >= 0.3 is 0 Å². The largest absolute Gasteiger partial charge is 0.396 e. The summed E-state index contributed by atoms with van der Waals surface area (Å²) in [4.78, 5) is 16.1. The number of aliphatic hydroxyl groups is 1. The molecule has 3 nitrogen and oxygen atoms in total. The number of fused-ring (bicyclic) bond motifs is 1. The van der Waals surface area contributed by atoms with Crippen molar-refractivity contribution in [1.82, 2.24) is 4.98 Å². The lowest BCUT2D eigenvalue weighted by molar-refractivity contribution is -0.117. The summed E-state index contributed by atoms with van der Waals surface area (Å²) in [6.45, 7) is 0.106. The monoisotopic (exact) mass is 359 g/mol. The Hall–Kier alpha value is -2.78. The van der Waals surface area contributed by atoms with E-state index in [4.69, 9.17) is 0 Å². The van der Waals surface area contributed by atoms with Gasteiger partial charge < -0.3 is 5.11 Å². The van der Waals surface area contributed by atoms with Crippen LogP contribution in [0.1, 0.15) is 35.6 Å². The fourth-order valence-corrected chi connectivity index (χ4v) is 3.68. The van der Waals surface area contributed by atoms with E-state index in [9.17, 15) is 9.90 Å². The number of aliphatic hydroxyl groups excluding tert-OH is 1. The minimum atomic E-state index is 0. The number of rotatable bonds is 5.